The van der Waals surface area contributed by atoms with Gasteiger partial charge in [0.2, 0.25) is 0 Å². The predicted octanol–water partition coefficient (Wildman–Crippen LogP) is 6.02. The van der Waals surface area contributed by atoms with E-state index in [1.165, 1.54) is 42.9 Å². The molecule has 0 bridgehead atoms. The van der Waals surface area contributed by atoms with Crippen molar-refractivity contribution >= 4 is 32.7 Å². The lowest BCUT2D eigenvalue weighted by atomic mass is 10.1. The molecule has 1 atom stereocenters. The van der Waals surface area contributed by atoms with Crippen LogP contribution in [0.3, 0.4) is 0 Å². The van der Waals surface area contributed by atoms with Gasteiger partial charge in [0.25, 0.3) is 11.5 Å². The SMILES string of the molecule is COc1cc(OC)c(Br)c(-n2c(C(C)N(C)C(=O)c3cccc(C(F)(F)F)c3)nc3ccccc3c2=O)c1. The standard InChI is InChI=1S/C27H23BrF3N3O4/c1-15(33(2)25(35)16-8-7-9-17(12-16)27(29,30)31)24-32-20-11-6-5-10-19(20)26(36)34(24)21-13-18(37-3)14-22(38-4)23(21)28/h5-15H,1-4H3. The summed E-state index contributed by atoms with van der Waals surface area (Å²) < 4.78 is 52.4. The summed E-state index contributed by atoms with van der Waals surface area (Å²) in [5, 5.41) is 0.337. The van der Waals surface area contributed by atoms with Crippen LogP contribution in [0.15, 0.2) is 69.9 Å². The van der Waals surface area contributed by atoms with E-state index in [9.17, 15) is 22.8 Å². The maximum Gasteiger partial charge on any atom is 0.416 e. The smallest absolute Gasteiger partial charge is 0.416 e. The van der Waals surface area contributed by atoms with Crippen LogP contribution in [0.1, 0.15) is 34.7 Å². The summed E-state index contributed by atoms with van der Waals surface area (Å²) in [4.78, 5) is 33.1. The van der Waals surface area contributed by atoms with Gasteiger partial charge in [-0.3, -0.25) is 14.2 Å². The first-order chi connectivity index (χ1) is 18.0. The van der Waals surface area contributed by atoms with Crippen molar-refractivity contribution in [3.8, 4) is 17.2 Å². The number of fused-ring (bicyclic) bond motifs is 1. The van der Waals surface area contributed by atoms with Gasteiger partial charge in [-0.05, 0) is 53.2 Å². The van der Waals surface area contributed by atoms with Gasteiger partial charge in [-0.1, -0.05) is 18.2 Å². The van der Waals surface area contributed by atoms with Crippen molar-refractivity contribution in [1.29, 1.82) is 0 Å². The number of rotatable bonds is 6. The molecular formula is C27H23BrF3N3O4. The number of ether oxygens (including phenoxy) is 2. The first-order valence-corrected chi connectivity index (χ1v) is 12.1. The van der Waals surface area contributed by atoms with E-state index in [1.807, 2.05) is 0 Å². The highest BCUT2D eigenvalue weighted by atomic mass is 79.9. The molecule has 0 aliphatic carbocycles. The molecular weight excluding hydrogens is 567 g/mol. The molecule has 198 valence electrons. The number of carbonyl (C=O) groups excluding carboxylic acids is 1. The second-order valence-electron chi connectivity index (χ2n) is 8.46. The molecule has 1 aromatic heterocycles. The third-order valence-electron chi connectivity index (χ3n) is 6.20. The van der Waals surface area contributed by atoms with Crippen molar-refractivity contribution < 1.29 is 27.4 Å². The molecule has 1 unspecified atom stereocenters. The second-order valence-corrected chi connectivity index (χ2v) is 9.25. The van der Waals surface area contributed by atoms with Gasteiger partial charge in [0.1, 0.15) is 17.3 Å². The topological polar surface area (TPSA) is 73.7 Å². The van der Waals surface area contributed by atoms with Gasteiger partial charge >= 0.3 is 6.18 Å². The molecule has 0 fully saturated rings. The summed E-state index contributed by atoms with van der Waals surface area (Å²) in [6.07, 6.45) is -4.60. The van der Waals surface area contributed by atoms with E-state index in [2.05, 4.69) is 15.9 Å². The summed E-state index contributed by atoms with van der Waals surface area (Å²) in [6.45, 7) is 1.64. The average molecular weight is 590 g/mol. The molecule has 0 spiro atoms. The quantitative estimate of drug-likeness (QED) is 0.275. The highest BCUT2D eigenvalue weighted by Crippen LogP contribution is 2.37. The Morgan fingerprint density at radius 3 is 2.42 bits per heavy atom. The Bertz CT molecular complexity index is 1590. The predicted molar refractivity (Wildman–Crippen MR) is 140 cm³/mol. The third-order valence-corrected chi connectivity index (χ3v) is 7.00. The number of amides is 1. The molecule has 0 saturated carbocycles. The average Bonchev–Trinajstić information content (AvgIpc) is 2.91. The fourth-order valence-corrected chi connectivity index (χ4v) is 4.60. The summed E-state index contributed by atoms with van der Waals surface area (Å²) in [7, 11) is 4.38. The van der Waals surface area contributed by atoms with Crippen LogP contribution in [0.4, 0.5) is 13.2 Å². The molecule has 0 radical (unpaired) electrons. The molecule has 0 saturated heterocycles. The molecule has 1 amide bonds. The zero-order valence-electron chi connectivity index (χ0n) is 20.8. The van der Waals surface area contributed by atoms with E-state index in [0.29, 0.717) is 32.6 Å². The summed E-state index contributed by atoms with van der Waals surface area (Å²) in [6, 6.07) is 13.4. The number of carbonyl (C=O) groups is 1. The maximum atomic E-state index is 13.8. The number of hydrogen-bond acceptors (Lipinski definition) is 5. The highest BCUT2D eigenvalue weighted by Gasteiger charge is 2.32. The van der Waals surface area contributed by atoms with Crippen LogP contribution in [0.25, 0.3) is 16.6 Å². The van der Waals surface area contributed by atoms with Crippen LogP contribution in [0.5, 0.6) is 11.5 Å². The van der Waals surface area contributed by atoms with Gasteiger partial charge in [-0.15, -0.1) is 0 Å². The van der Waals surface area contributed by atoms with Crippen LogP contribution in [0.2, 0.25) is 0 Å². The first-order valence-electron chi connectivity index (χ1n) is 11.4. The van der Waals surface area contributed by atoms with E-state index in [-0.39, 0.29) is 11.4 Å². The first kappa shape index (κ1) is 27.2. The van der Waals surface area contributed by atoms with Gasteiger partial charge < -0.3 is 14.4 Å². The second kappa shape index (κ2) is 10.5. The van der Waals surface area contributed by atoms with Gasteiger partial charge in [-0.2, -0.15) is 13.2 Å². The van der Waals surface area contributed by atoms with E-state index in [1.54, 1.807) is 43.3 Å². The Morgan fingerprint density at radius 1 is 1.05 bits per heavy atom. The number of alkyl halides is 3. The molecule has 1 heterocycles. The van der Waals surface area contributed by atoms with Crippen molar-refractivity contribution in [3.63, 3.8) is 0 Å². The van der Waals surface area contributed by atoms with E-state index < -0.39 is 29.2 Å². The van der Waals surface area contributed by atoms with Crippen molar-refractivity contribution in [2.45, 2.75) is 19.1 Å². The Hall–Kier alpha value is -3.86. The van der Waals surface area contributed by atoms with Crippen LogP contribution >= 0.6 is 15.9 Å². The number of para-hydroxylation sites is 1. The molecule has 0 aliphatic heterocycles. The van der Waals surface area contributed by atoms with Gasteiger partial charge in [0.15, 0.2) is 0 Å². The van der Waals surface area contributed by atoms with Gasteiger partial charge in [-0.25, -0.2) is 4.98 Å². The summed E-state index contributed by atoms with van der Waals surface area (Å²) >= 11 is 3.50. The van der Waals surface area contributed by atoms with E-state index in [4.69, 9.17) is 14.5 Å². The van der Waals surface area contributed by atoms with Crippen LogP contribution < -0.4 is 15.0 Å². The number of aromatic nitrogens is 2. The largest absolute Gasteiger partial charge is 0.497 e. The Kier molecular flexibility index (Phi) is 7.50. The van der Waals surface area contributed by atoms with Crippen molar-refractivity contribution in [2.75, 3.05) is 21.3 Å². The molecule has 4 aromatic rings. The number of nitrogens with zero attached hydrogens (tertiary/aromatic N) is 3. The molecule has 7 nitrogen and oxygen atoms in total. The molecule has 38 heavy (non-hydrogen) atoms. The molecule has 0 N–H and O–H groups in total. The lowest BCUT2D eigenvalue weighted by molar-refractivity contribution is -0.137. The van der Waals surface area contributed by atoms with Crippen LogP contribution in [-0.4, -0.2) is 41.6 Å². The van der Waals surface area contributed by atoms with Crippen LogP contribution in [-0.2, 0) is 6.18 Å². The van der Waals surface area contributed by atoms with Crippen molar-refractivity contribution in [2.24, 2.45) is 0 Å². The minimum atomic E-state index is -4.60. The van der Waals surface area contributed by atoms with E-state index >= 15 is 0 Å². The van der Waals surface area contributed by atoms with Crippen LogP contribution in [0, 0.1) is 0 Å². The Balaban J connectivity index is 1.91. The lowest BCUT2D eigenvalue weighted by Crippen LogP contribution is -2.35. The lowest BCUT2D eigenvalue weighted by Gasteiger charge is -2.28. The summed E-state index contributed by atoms with van der Waals surface area (Å²) in [5.74, 6) is 0.325. The molecule has 0 aliphatic rings. The highest BCUT2D eigenvalue weighted by molar-refractivity contribution is 9.10. The van der Waals surface area contributed by atoms with Crippen molar-refractivity contribution in [1.82, 2.24) is 14.5 Å². The third kappa shape index (κ3) is 4.98. The molecule has 3 aromatic carbocycles. The number of benzene rings is 3. The van der Waals surface area contributed by atoms with E-state index in [0.717, 1.165) is 12.1 Å². The van der Waals surface area contributed by atoms with Gasteiger partial charge in [0, 0.05) is 24.7 Å². The maximum absolute atomic E-state index is 13.8. The normalized spacial score (nSPS) is 12.3. The monoisotopic (exact) mass is 589 g/mol. The summed E-state index contributed by atoms with van der Waals surface area (Å²) in [5.41, 5.74) is -0.730. The Labute approximate surface area is 224 Å². The number of hydrogen-bond donors (Lipinski definition) is 0. The Morgan fingerprint density at radius 2 is 1.76 bits per heavy atom. The fraction of sp³-hybridized carbons (Fsp3) is 0.222. The number of halogens is 4. The zero-order chi connectivity index (χ0) is 27.8. The molecule has 4 rings (SSSR count). The fourth-order valence-electron chi connectivity index (χ4n) is 4.03. The minimum Gasteiger partial charge on any atom is -0.497 e. The number of methoxy groups -OCH3 is 2. The minimum absolute atomic E-state index is 0.145. The zero-order valence-corrected chi connectivity index (χ0v) is 22.4. The van der Waals surface area contributed by atoms with Crippen molar-refractivity contribution in [3.05, 3.63) is 92.4 Å². The van der Waals surface area contributed by atoms with Gasteiger partial charge in [0.05, 0.1) is 46.9 Å². The molecule has 11 heteroatoms.